The Morgan fingerprint density at radius 2 is 1.61 bits per heavy atom. The van der Waals surface area contributed by atoms with Crippen molar-refractivity contribution in [2.75, 3.05) is 36.9 Å². The Morgan fingerprint density at radius 1 is 1.04 bits per heavy atom. The van der Waals surface area contributed by atoms with Gasteiger partial charge in [-0.15, -0.1) is 0 Å². The van der Waals surface area contributed by atoms with Crippen molar-refractivity contribution in [3.8, 4) is 11.5 Å². The van der Waals surface area contributed by atoms with E-state index in [0.717, 1.165) is 10.6 Å². The minimum atomic E-state index is -3.66. The Balaban J connectivity index is 1.80. The van der Waals surface area contributed by atoms with Gasteiger partial charge in [0.1, 0.15) is 17.5 Å². The highest BCUT2D eigenvalue weighted by Crippen LogP contribution is 2.27. The van der Waals surface area contributed by atoms with Crippen molar-refractivity contribution in [3.05, 3.63) is 54.6 Å². The number of hydrogen-bond donors (Lipinski definition) is 0. The van der Waals surface area contributed by atoms with Gasteiger partial charge in [0, 0.05) is 13.1 Å². The normalized spacial score (nSPS) is 15.7. The van der Waals surface area contributed by atoms with Crippen LogP contribution < -0.4 is 9.04 Å². The lowest BCUT2D eigenvalue weighted by molar-refractivity contribution is -0.136. The zero-order valence-corrected chi connectivity index (χ0v) is 16.8. The van der Waals surface area contributed by atoms with Crippen LogP contribution in [0.3, 0.4) is 0 Å². The molecule has 0 N–H and O–H groups in total. The summed E-state index contributed by atoms with van der Waals surface area (Å²) in [6, 6.07) is 15.1. The molecule has 1 heterocycles. The maximum atomic E-state index is 12.8. The second-order valence-electron chi connectivity index (χ2n) is 6.58. The van der Waals surface area contributed by atoms with Gasteiger partial charge in [0.25, 0.3) is 0 Å². The third-order valence-electron chi connectivity index (χ3n) is 4.46. The van der Waals surface area contributed by atoms with E-state index in [4.69, 9.17) is 9.47 Å². The monoisotopic (exact) mass is 404 g/mol. The van der Waals surface area contributed by atoms with Crippen LogP contribution in [0.25, 0.3) is 0 Å². The molecule has 1 saturated heterocycles. The van der Waals surface area contributed by atoms with Crippen molar-refractivity contribution in [1.29, 1.82) is 0 Å². The molecule has 1 unspecified atom stereocenters. The Bertz CT molecular complexity index is 894. The zero-order chi connectivity index (χ0) is 20.1. The number of carbonyl (C=O) groups excluding carboxylic acids is 1. The van der Waals surface area contributed by atoms with E-state index in [1.54, 1.807) is 36.1 Å². The van der Waals surface area contributed by atoms with Gasteiger partial charge in [-0.05, 0) is 43.3 Å². The van der Waals surface area contributed by atoms with Gasteiger partial charge in [0.2, 0.25) is 15.9 Å². The van der Waals surface area contributed by atoms with Gasteiger partial charge < -0.3 is 14.4 Å². The molecule has 28 heavy (non-hydrogen) atoms. The largest absolute Gasteiger partial charge is 0.457 e. The highest BCUT2D eigenvalue weighted by atomic mass is 32.2. The topological polar surface area (TPSA) is 76.2 Å². The summed E-state index contributed by atoms with van der Waals surface area (Å²) in [6.45, 7) is 3.45. The molecule has 2 aromatic carbocycles. The molecule has 1 atom stereocenters. The van der Waals surface area contributed by atoms with Gasteiger partial charge in [-0.1, -0.05) is 18.2 Å². The van der Waals surface area contributed by atoms with Crippen molar-refractivity contribution in [2.24, 2.45) is 0 Å². The van der Waals surface area contributed by atoms with Crippen LogP contribution in [0, 0.1) is 0 Å². The Morgan fingerprint density at radius 3 is 2.18 bits per heavy atom. The number of hydrogen-bond acceptors (Lipinski definition) is 5. The van der Waals surface area contributed by atoms with E-state index in [2.05, 4.69) is 0 Å². The molecule has 2 aromatic rings. The van der Waals surface area contributed by atoms with E-state index in [9.17, 15) is 13.2 Å². The molecule has 0 spiro atoms. The number of amides is 1. The Labute approximate surface area is 165 Å². The van der Waals surface area contributed by atoms with Crippen LogP contribution in [0.1, 0.15) is 6.92 Å². The summed E-state index contributed by atoms with van der Waals surface area (Å²) >= 11 is 0. The lowest BCUT2D eigenvalue weighted by Gasteiger charge is -2.34. The Hall–Kier alpha value is -2.58. The molecule has 0 aromatic heterocycles. The van der Waals surface area contributed by atoms with Crippen molar-refractivity contribution >= 4 is 21.6 Å². The maximum absolute atomic E-state index is 12.8. The van der Waals surface area contributed by atoms with Crippen LogP contribution in [-0.4, -0.2) is 57.8 Å². The number of para-hydroxylation sites is 1. The number of ether oxygens (including phenoxy) is 2. The van der Waals surface area contributed by atoms with Crippen molar-refractivity contribution in [2.45, 2.75) is 13.0 Å². The molecule has 1 fully saturated rings. The highest BCUT2D eigenvalue weighted by molar-refractivity contribution is 7.92. The van der Waals surface area contributed by atoms with Crippen molar-refractivity contribution < 1.29 is 22.7 Å². The summed E-state index contributed by atoms with van der Waals surface area (Å²) < 4.78 is 37.0. The molecule has 0 aliphatic carbocycles. The molecule has 150 valence electrons. The number of anilines is 1. The highest BCUT2D eigenvalue weighted by Gasteiger charge is 2.32. The summed E-state index contributed by atoms with van der Waals surface area (Å²) in [6.07, 6.45) is 1.10. The fourth-order valence-electron chi connectivity index (χ4n) is 3.14. The second kappa shape index (κ2) is 8.62. The summed E-state index contributed by atoms with van der Waals surface area (Å²) in [5, 5.41) is 0. The molecular formula is C20H24N2O5S. The fraction of sp³-hybridized carbons (Fsp3) is 0.350. The first-order valence-electron chi connectivity index (χ1n) is 9.05. The number of carbonyl (C=O) groups is 1. The van der Waals surface area contributed by atoms with Gasteiger partial charge >= 0.3 is 0 Å². The molecule has 1 aliphatic rings. The van der Waals surface area contributed by atoms with E-state index < -0.39 is 16.1 Å². The lowest BCUT2D eigenvalue weighted by Crippen LogP contribution is -2.52. The number of rotatable bonds is 6. The van der Waals surface area contributed by atoms with Crippen molar-refractivity contribution in [1.82, 2.24) is 4.90 Å². The Kier molecular flexibility index (Phi) is 6.21. The minimum absolute atomic E-state index is 0.238. The van der Waals surface area contributed by atoms with Crippen molar-refractivity contribution in [3.63, 3.8) is 0 Å². The standard InChI is InChI=1S/C20H24N2O5S/c1-16(20(23)21-12-14-26-15-13-21)22(28(2,24)25)17-8-10-19(11-9-17)27-18-6-4-3-5-7-18/h3-11,16H,12-15H2,1-2H3. The molecule has 0 radical (unpaired) electrons. The molecule has 1 amide bonds. The zero-order valence-electron chi connectivity index (χ0n) is 15.9. The molecule has 1 aliphatic heterocycles. The van der Waals surface area contributed by atoms with Gasteiger partial charge in [0.05, 0.1) is 25.2 Å². The first-order chi connectivity index (χ1) is 13.4. The molecule has 0 bridgehead atoms. The van der Waals surface area contributed by atoms with E-state index in [1.165, 1.54) is 0 Å². The van der Waals surface area contributed by atoms with E-state index in [-0.39, 0.29) is 5.91 Å². The van der Waals surface area contributed by atoms with Crippen LogP contribution in [0.4, 0.5) is 5.69 Å². The smallest absolute Gasteiger partial charge is 0.246 e. The molecule has 8 heteroatoms. The molecular weight excluding hydrogens is 380 g/mol. The van der Waals surface area contributed by atoms with Crippen LogP contribution in [-0.2, 0) is 19.6 Å². The first-order valence-corrected chi connectivity index (χ1v) is 10.9. The predicted molar refractivity (Wildman–Crippen MR) is 107 cm³/mol. The average Bonchev–Trinajstić information content (AvgIpc) is 2.69. The fourth-order valence-corrected chi connectivity index (χ4v) is 4.31. The van der Waals surface area contributed by atoms with Crippen LogP contribution in [0.15, 0.2) is 54.6 Å². The van der Waals surface area contributed by atoms with Gasteiger partial charge in [-0.2, -0.15) is 0 Å². The number of sulfonamides is 1. The third-order valence-corrected chi connectivity index (χ3v) is 5.70. The van der Waals surface area contributed by atoms with Crippen LogP contribution >= 0.6 is 0 Å². The molecule has 3 rings (SSSR count). The summed E-state index contributed by atoms with van der Waals surface area (Å²) in [5.74, 6) is 1.03. The maximum Gasteiger partial charge on any atom is 0.246 e. The number of nitrogens with zero attached hydrogens (tertiary/aromatic N) is 2. The van der Waals surface area contributed by atoms with E-state index in [1.807, 2.05) is 30.3 Å². The second-order valence-corrected chi connectivity index (χ2v) is 8.44. The number of benzene rings is 2. The van der Waals surface area contributed by atoms with Gasteiger partial charge in [0.15, 0.2) is 0 Å². The molecule has 7 nitrogen and oxygen atoms in total. The van der Waals surface area contributed by atoms with Gasteiger partial charge in [-0.25, -0.2) is 8.42 Å². The van der Waals surface area contributed by atoms with E-state index >= 15 is 0 Å². The van der Waals surface area contributed by atoms with Crippen LogP contribution in [0.5, 0.6) is 11.5 Å². The van der Waals surface area contributed by atoms with E-state index in [0.29, 0.717) is 43.5 Å². The van der Waals surface area contributed by atoms with Gasteiger partial charge in [-0.3, -0.25) is 9.10 Å². The SMILES string of the molecule is CC(C(=O)N1CCOCC1)N(c1ccc(Oc2ccccc2)cc1)S(C)(=O)=O. The minimum Gasteiger partial charge on any atom is -0.457 e. The first kappa shape index (κ1) is 20.2. The average molecular weight is 404 g/mol. The number of morpholine rings is 1. The third kappa shape index (κ3) is 4.82. The summed E-state index contributed by atoms with van der Waals surface area (Å²) in [7, 11) is -3.66. The summed E-state index contributed by atoms with van der Waals surface area (Å²) in [4.78, 5) is 14.4. The summed E-state index contributed by atoms with van der Waals surface area (Å²) in [5.41, 5.74) is 0.414. The lowest BCUT2D eigenvalue weighted by atomic mass is 10.2. The quantitative estimate of drug-likeness (QED) is 0.739. The predicted octanol–water partition coefficient (Wildman–Crippen LogP) is 2.49. The molecule has 0 saturated carbocycles. The van der Waals surface area contributed by atoms with Crippen LogP contribution in [0.2, 0.25) is 0 Å².